The lowest BCUT2D eigenvalue weighted by Crippen LogP contribution is -2.00. The first-order chi connectivity index (χ1) is 28.8. The number of fused-ring (bicyclic) bond motifs is 3. The Hall–Kier alpha value is -6.23. The normalized spacial score (nSPS) is 14.4. The maximum absolute atomic E-state index is 9.69. The molecular weight excluding hydrogens is 615 g/mol. The van der Waals surface area contributed by atoms with E-state index in [0.29, 0.717) is 11.1 Å². The molecule has 0 aliphatic carbocycles. The first-order valence-corrected chi connectivity index (χ1v) is 16.3. The summed E-state index contributed by atoms with van der Waals surface area (Å²) in [7, 11) is 0. The lowest BCUT2D eigenvalue weighted by atomic mass is 9.98. The van der Waals surface area contributed by atoms with Gasteiger partial charge in [0.05, 0.1) is 15.1 Å². The molecule has 9 aromatic rings. The fourth-order valence-electron chi connectivity index (χ4n) is 5.78. The minimum Gasteiger partial charge on any atom is -0.208 e. The molecule has 0 radical (unpaired) electrons. The average Bonchev–Trinajstić information content (AvgIpc) is 3.69. The Morgan fingerprint density at radius 2 is 0.959 bits per heavy atom. The zero-order chi connectivity index (χ0) is 42.1. The zero-order valence-electron chi connectivity index (χ0n) is 36.6. The van der Waals surface area contributed by atoms with Gasteiger partial charge in [0.25, 0.3) is 0 Å². The summed E-state index contributed by atoms with van der Waals surface area (Å²) in [5, 5.41) is -0.0341. The topological polar surface area (TPSA) is 38.7 Å². The SMILES string of the molecule is [2H]c1c([2H])c(-c2nc(-c3ccc(-c4ccccc4)cc3)nc(-c3cccc(-c4ccccc4)c3)n2)c([2H])c(-c2c([2H])c([2H])c([2H])c3sc4c([2H])c([2H])c([2H])c([2H])c4c23)c1[2H]. The lowest BCUT2D eigenvalue weighted by Gasteiger charge is -2.11. The fraction of sp³-hybridized carbons (Fsp3) is 0. The molecule has 2 aromatic heterocycles. The van der Waals surface area contributed by atoms with Gasteiger partial charge in [-0.05, 0) is 57.6 Å². The van der Waals surface area contributed by atoms with Crippen molar-refractivity contribution in [3.05, 3.63) is 176 Å². The van der Waals surface area contributed by atoms with Crippen molar-refractivity contribution >= 4 is 31.5 Å². The molecule has 230 valence electrons. The molecule has 0 spiro atoms. The van der Waals surface area contributed by atoms with Gasteiger partial charge in [-0.15, -0.1) is 11.3 Å². The van der Waals surface area contributed by atoms with Crippen LogP contribution in [0.25, 0.3) is 87.7 Å². The molecule has 2 heterocycles. The third-order valence-corrected chi connectivity index (χ3v) is 9.18. The predicted molar refractivity (Wildman–Crippen MR) is 205 cm³/mol. The van der Waals surface area contributed by atoms with Gasteiger partial charge >= 0.3 is 0 Å². The highest BCUT2D eigenvalue weighted by Gasteiger charge is 2.16. The lowest BCUT2D eigenvalue weighted by molar-refractivity contribution is 1.07. The van der Waals surface area contributed by atoms with E-state index in [2.05, 4.69) is 0 Å². The van der Waals surface area contributed by atoms with Crippen LogP contribution in [0.5, 0.6) is 0 Å². The van der Waals surface area contributed by atoms with Crippen molar-refractivity contribution in [2.75, 3.05) is 0 Å². The third kappa shape index (κ3) is 5.58. The molecule has 4 heteroatoms. The minimum absolute atomic E-state index is 0.00802. The van der Waals surface area contributed by atoms with Gasteiger partial charge in [0.15, 0.2) is 17.5 Å². The second-order valence-electron chi connectivity index (χ2n) is 11.2. The Bertz CT molecular complexity index is 3210. The van der Waals surface area contributed by atoms with Gasteiger partial charge in [-0.1, -0.05) is 151 Å². The highest BCUT2D eigenvalue weighted by atomic mass is 32.1. The van der Waals surface area contributed by atoms with Crippen molar-refractivity contribution < 1.29 is 15.1 Å². The van der Waals surface area contributed by atoms with Crippen LogP contribution in [0.4, 0.5) is 0 Å². The molecule has 0 fully saturated rings. The Morgan fingerprint density at radius 3 is 1.73 bits per heavy atom. The molecule has 0 aliphatic rings. The molecule has 0 saturated heterocycles. The Kier molecular flexibility index (Phi) is 4.96. The number of hydrogen-bond acceptors (Lipinski definition) is 4. The number of rotatable bonds is 6. The quantitative estimate of drug-likeness (QED) is 0.179. The van der Waals surface area contributed by atoms with Crippen LogP contribution >= 0.6 is 11.3 Å². The van der Waals surface area contributed by atoms with E-state index in [1.807, 2.05) is 109 Å². The number of nitrogens with zero attached hydrogens (tertiary/aromatic N) is 3. The van der Waals surface area contributed by atoms with Gasteiger partial charge in [0, 0.05) is 36.9 Å². The number of thiophene rings is 1. The molecule has 0 atom stereocenters. The Balaban J connectivity index is 1.33. The molecule has 0 amide bonds. The van der Waals surface area contributed by atoms with Crippen molar-refractivity contribution in [1.29, 1.82) is 0 Å². The molecule has 0 bridgehead atoms. The summed E-state index contributed by atoms with van der Waals surface area (Å²) >= 11 is 0.860. The summed E-state index contributed by atoms with van der Waals surface area (Å²) in [4.78, 5) is 14.5. The van der Waals surface area contributed by atoms with Crippen molar-refractivity contribution in [1.82, 2.24) is 15.0 Å². The predicted octanol–water partition coefficient (Wildman–Crippen LogP) is 12.2. The van der Waals surface area contributed by atoms with Crippen LogP contribution in [0, 0.1) is 0 Å². The molecule has 0 N–H and O–H groups in total. The molecule has 7 aromatic carbocycles. The molecule has 49 heavy (non-hydrogen) atoms. The summed E-state index contributed by atoms with van der Waals surface area (Å²) in [6, 6.07) is 29.1. The van der Waals surface area contributed by atoms with Crippen LogP contribution in [0.2, 0.25) is 0 Å². The summed E-state index contributed by atoms with van der Waals surface area (Å²) in [6.45, 7) is 0. The Labute approximate surface area is 304 Å². The van der Waals surface area contributed by atoms with Gasteiger partial charge in [-0.2, -0.15) is 0 Å². The van der Waals surface area contributed by atoms with Crippen LogP contribution in [-0.4, -0.2) is 15.0 Å². The van der Waals surface area contributed by atoms with Gasteiger partial charge in [-0.25, -0.2) is 15.0 Å². The van der Waals surface area contributed by atoms with Crippen molar-refractivity contribution in [2.45, 2.75) is 0 Å². The van der Waals surface area contributed by atoms with Gasteiger partial charge in [0.1, 0.15) is 0 Å². The highest BCUT2D eigenvalue weighted by molar-refractivity contribution is 7.25. The van der Waals surface area contributed by atoms with Crippen LogP contribution in [-0.2, 0) is 0 Å². The maximum Gasteiger partial charge on any atom is 0.164 e. The Morgan fingerprint density at radius 1 is 0.408 bits per heavy atom. The van der Waals surface area contributed by atoms with E-state index in [1.165, 1.54) is 0 Å². The monoisotopic (exact) mass is 654 g/mol. The number of benzene rings is 7. The van der Waals surface area contributed by atoms with E-state index < -0.39 is 54.4 Å². The average molecular weight is 655 g/mol. The van der Waals surface area contributed by atoms with Crippen LogP contribution in [0.1, 0.15) is 15.1 Å². The summed E-state index contributed by atoms with van der Waals surface area (Å²) in [5.41, 5.74) is 4.20. The van der Waals surface area contributed by atoms with E-state index in [-0.39, 0.29) is 66.4 Å². The standard InChI is InChI=1S/C45H29N3S/c1-3-12-30(13-4-1)32-24-26-33(27-25-32)43-46-44(36-18-9-16-34(28-36)31-14-5-2-6-15-31)48-45(47-43)37-19-10-17-35(29-37)38-21-11-23-41-42(38)39-20-7-8-22-40(39)49-41/h1-29H/i7D,8D,10D,11D,17D,19D,20D,21D,22D,23D,29D. The first kappa shape index (κ1) is 19.6. The highest BCUT2D eigenvalue weighted by Crippen LogP contribution is 2.40. The van der Waals surface area contributed by atoms with Crippen LogP contribution in [0.15, 0.2) is 176 Å². The largest absolute Gasteiger partial charge is 0.208 e. The maximum atomic E-state index is 9.69. The summed E-state index contributed by atoms with van der Waals surface area (Å²) < 4.78 is 98.0. The van der Waals surface area contributed by atoms with Gasteiger partial charge in [-0.3, -0.25) is 0 Å². The van der Waals surface area contributed by atoms with E-state index in [4.69, 9.17) is 28.7 Å². The molecule has 0 aliphatic heterocycles. The summed E-state index contributed by atoms with van der Waals surface area (Å²) in [6.07, 6.45) is 0. The molecule has 3 nitrogen and oxygen atoms in total. The van der Waals surface area contributed by atoms with Crippen LogP contribution < -0.4 is 0 Å². The van der Waals surface area contributed by atoms with Gasteiger partial charge in [0.2, 0.25) is 0 Å². The van der Waals surface area contributed by atoms with E-state index in [0.717, 1.165) is 33.6 Å². The minimum atomic E-state index is -0.617. The zero-order valence-corrected chi connectivity index (χ0v) is 26.5. The molecule has 9 rings (SSSR count). The second kappa shape index (κ2) is 12.4. The molecule has 0 unspecified atom stereocenters. The first-order valence-electron chi connectivity index (χ1n) is 21.0. The van der Waals surface area contributed by atoms with Gasteiger partial charge < -0.3 is 0 Å². The second-order valence-corrected chi connectivity index (χ2v) is 12.2. The van der Waals surface area contributed by atoms with Crippen LogP contribution in [0.3, 0.4) is 0 Å². The summed E-state index contributed by atoms with van der Waals surface area (Å²) in [5.74, 6) is 0.259. The molecule has 0 saturated carbocycles. The van der Waals surface area contributed by atoms with Crippen molar-refractivity contribution in [3.8, 4) is 67.5 Å². The fourth-order valence-corrected chi connectivity index (χ4v) is 6.75. The number of aromatic nitrogens is 3. The van der Waals surface area contributed by atoms with Crippen molar-refractivity contribution in [2.24, 2.45) is 0 Å². The van der Waals surface area contributed by atoms with E-state index >= 15 is 0 Å². The number of hydrogen-bond donors (Lipinski definition) is 0. The third-order valence-electron chi connectivity index (χ3n) is 8.16. The smallest absolute Gasteiger partial charge is 0.164 e. The van der Waals surface area contributed by atoms with E-state index in [1.54, 1.807) is 0 Å². The molecular formula is C45H29N3S. The van der Waals surface area contributed by atoms with E-state index in [9.17, 15) is 1.37 Å². The van der Waals surface area contributed by atoms with Crippen molar-refractivity contribution in [3.63, 3.8) is 0 Å².